The van der Waals surface area contributed by atoms with Gasteiger partial charge in [0.25, 0.3) is 0 Å². The third-order valence-electron chi connectivity index (χ3n) is 7.12. The van der Waals surface area contributed by atoms with Crippen LogP contribution in [0.4, 0.5) is 11.4 Å². The van der Waals surface area contributed by atoms with E-state index >= 15 is 0 Å². The summed E-state index contributed by atoms with van der Waals surface area (Å²) < 4.78 is 0. The van der Waals surface area contributed by atoms with Crippen molar-refractivity contribution in [3.8, 4) is 0 Å². The molecule has 2 aromatic carbocycles. The Bertz CT molecular complexity index is 934. The standard InChI is InChI=1S/C13H13NS.C12H15N/c15-8-14-13-11-5-1-3-9(11)7-10-4-2-6-12(10)13;13-12-10-5-1-3-8(10)7-9-4-2-6-11(9)12/h7H,1-6H2;7H,1-6,13H2. The molecule has 0 amide bonds. The van der Waals surface area contributed by atoms with Gasteiger partial charge in [-0.15, -0.1) is 0 Å². The number of nitrogens with zero attached hydrogens (tertiary/aromatic N) is 1. The van der Waals surface area contributed by atoms with Gasteiger partial charge in [-0.3, -0.25) is 0 Å². The third-order valence-corrected chi connectivity index (χ3v) is 7.21. The fourth-order valence-electron chi connectivity index (χ4n) is 5.83. The van der Waals surface area contributed by atoms with Gasteiger partial charge in [0.1, 0.15) is 0 Å². The molecule has 4 aliphatic rings. The van der Waals surface area contributed by atoms with Crippen LogP contribution in [-0.2, 0) is 51.4 Å². The SMILES string of the molecule is Nc1c2c(cc3c1CCC3)CCC2.S=C=Nc1c2c(cc3c1CCC3)CCC2. The fourth-order valence-corrected chi connectivity index (χ4v) is 5.92. The van der Waals surface area contributed by atoms with Crippen molar-refractivity contribution in [2.24, 2.45) is 4.99 Å². The predicted molar refractivity (Wildman–Crippen MR) is 120 cm³/mol. The second kappa shape index (κ2) is 7.46. The molecule has 0 aliphatic heterocycles. The van der Waals surface area contributed by atoms with Gasteiger partial charge >= 0.3 is 0 Å². The van der Waals surface area contributed by atoms with E-state index in [-0.39, 0.29) is 0 Å². The summed E-state index contributed by atoms with van der Waals surface area (Å²) in [6, 6.07) is 4.83. The minimum absolute atomic E-state index is 1.14. The minimum atomic E-state index is 1.14. The average molecular weight is 389 g/mol. The number of hydrogen-bond donors (Lipinski definition) is 1. The van der Waals surface area contributed by atoms with Crippen molar-refractivity contribution in [3.63, 3.8) is 0 Å². The van der Waals surface area contributed by atoms with Crippen molar-refractivity contribution in [1.82, 2.24) is 0 Å². The molecule has 2 nitrogen and oxygen atoms in total. The number of benzene rings is 2. The molecule has 0 spiro atoms. The molecular weight excluding hydrogens is 360 g/mol. The normalized spacial score (nSPS) is 17.9. The third kappa shape index (κ3) is 3.02. The molecule has 0 heterocycles. The maximum absolute atomic E-state index is 6.19. The zero-order valence-corrected chi connectivity index (χ0v) is 17.4. The van der Waals surface area contributed by atoms with Gasteiger partial charge in [0, 0.05) is 5.69 Å². The number of thiocarbonyl (C=S) groups is 1. The van der Waals surface area contributed by atoms with E-state index in [0.717, 1.165) is 5.69 Å². The average Bonchev–Trinajstić information content (AvgIpc) is 3.48. The molecule has 28 heavy (non-hydrogen) atoms. The van der Waals surface area contributed by atoms with E-state index < -0.39 is 0 Å². The van der Waals surface area contributed by atoms with Crippen LogP contribution in [-0.4, -0.2) is 5.16 Å². The van der Waals surface area contributed by atoms with E-state index in [2.05, 4.69) is 22.3 Å². The Balaban J connectivity index is 0.000000123. The summed E-state index contributed by atoms with van der Waals surface area (Å²) in [5.41, 5.74) is 20.5. The Morgan fingerprint density at radius 2 is 1.04 bits per heavy atom. The van der Waals surface area contributed by atoms with Crippen molar-refractivity contribution in [3.05, 3.63) is 56.6 Å². The first-order chi connectivity index (χ1) is 13.8. The molecule has 2 N–H and O–H groups in total. The highest BCUT2D eigenvalue weighted by molar-refractivity contribution is 7.78. The maximum atomic E-state index is 6.19. The summed E-state index contributed by atoms with van der Waals surface area (Å²) in [6.07, 6.45) is 14.9. The van der Waals surface area contributed by atoms with Gasteiger partial charge in [-0.2, -0.15) is 4.99 Å². The van der Waals surface area contributed by atoms with E-state index in [1.165, 1.54) is 127 Å². The van der Waals surface area contributed by atoms with Crippen LogP contribution in [0.2, 0.25) is 0 Å². The zero-order valence-electron chi connectivity index (χ0n) is 16.6. The molecule has 0 bridgehead atoms. The van der Waals surface area contributed by atoms with Gasteiger partial charge in [-0.05, 0) is 134 Å². The van der Waals surface area contributed by atoms with Crippen LogP contribution in [0, 0.1) is 0 Å². The van der Waals surface area contributed by atoms with Gasteiger partial charge in [0.15, 0.2) is 0 Å². The Kier molecular flexibility index (Phi) is 4.82. The van der Waals surface area contributed by atoms with Crippen molar-refractivity contribution in [1.29, 1.82) is 0 Å². The fraction of sp³-hybridized carbons (Fsp3) is 0.480. The molecule has 0 unspecified atom stereocenters. The zero-order chi connectivity index (χ0) is 19.1. The number of nitrogens with two attached hydrogens (primary N) is 1. The maximum Gasteiger partial charge on any atom is 0.0808 e. The van der Waals surface area contributed by atoms with Gasteiger partial charge < -0.3 is 5.73 Å². The lowest BCUT2D eigenvalue weighted by molar-refractivity contribution is 0.897. The topological polar surface area (TPSA) is 38.4 Å². The number of anilines is 1. The molecule has 6 rings (SSSR count). The van der Waals surface area contributed by atoms with Crippen molar-refractivity contribution < 1.29 is 0 Å². The Hall–Kier alpha value is -1.96. The van der Waals surface area contributed by atoms with Crippen LogP contribution in [0.1, 0.15) is 70.2 Å². The Morgan fingerprint density at radius 1 is 0.643 bits per heavy atom. The number of isothiocyanates is 1. The first kappa shape index (κ1) is 18.1. The summed E-state index contributed by atoms with van der Waals surface area (Å²) in [5, 5.41) is 2.55. The number of aliphatic imine (C=N–C) groups is 1. The highest BCUT2D eigenvalue weighted by Crippen LogP contribution is 2.40. The molecule has 144 valence electrons. The lowest BCUT2D eigenvalue weighted by atomic mass is 9.99. The van der Waals surface area contributed by atoms with Gasteiger partial charge in [0.2, 0.25) is 0 Å². The number of aryl methyl sites for hydroxylation is 4. The van der Waals surface area contributed by atoms with E-state index in [0.29, 0.717) is 0 Å². The van der Waals surface area contributed by atoms with Gasteiger partial charge in [-0.25, -0.2) is 0 Å². The van der Waals surface area contributed by atoms with Crippen LogP contribution >= 0.6 is 12.2 Å². The lowest BCUT2D eigenvalue weighted by Crippen LogP contribution is -1.99. The minimum Gasteiger partial charge on any atom is -0.398 e. The van der Waals surface area contributed by atoms with Crippen molar-refractivity contribution >= 4 is 28.8 Å². The van der Waals surface area contributed by atoms with Crippen LogP contribution in [0.5, 0.6) is 0 Å². The first-order valence-electron chi connectivity index (χ1n) is 10.9. The molecule has 0 fully saturated rings. The molecule has 0 aromatic heterocycles. The molecule has 0 atom stereocenters. The second-order valence-electron chi connectivity index (χ2n) is 8.68. The largest absolute Gasteiger partial charge is 0.398 e. The Morgan fingerprint density at radius 3 is 1.46 bits per heavy atom. The number of fused-ring (bicyclic) bond motifs is 4. The molecule has 3 heteroatoms. The van der Waals surface area contributed by atoms with E-state index in [1.54, 1.807) is 0 Å². The molecule has 0 saturated heterocycles. The summed E-state index contributed by atoms with van der Waals surface area (Å²) in [7, 11) is 0. The van der Waals surface area contributed by atoms with E-state index in [9.17, 15) is 0 Å². The summed E-state index contributed by atoms with van der Waals surface area (Å²) in [4.78, 5) is 4.31. The smallest absolute Gasteiger partial charge is 0.0808 e. The van der Waals surface area contributed by atoms with E-state index in [1.807, 2.05) is 0 Å². The monoisotopic (exact) mass is 388 g/mol. The number of hydrogen-bond acceptors (Lipinski definition) is 3. The molecule has 0 radical (unpaired) electrons. The molecular formula is C25H28N2S. The molecule has 2 aromatic rings. The number of nitrogen functional groups attached to an aromatic ring is 1. The van der Waals surface area contributed by atoms with Gasteiger partial charge in [0.05, 0.1) is 10.8 Å². The highest BCUT2D eigenvalue weighted by Gasteiger charge is 2.24. The van der Waals surface area contributed by atoms with Crippen LogP contribution in [0.3, 0.4) is 0 Å². The quantitative estimate of drug-likeness (QED) is 0.390. The van der Waals surface area contributed by atoms with Crippen LogP contribution in [0.15, 0.2) is 17.1 Å². The first-order valence-corrected chi connectivity index (χ1v) is 11.3. The van der Waals surface area contributed by atoms with Crippen molar-refractivity contribution in [2.45, 2.75) is 77.0 Å². The summed E-state index contributed by atoms with van der Waals surface area (Å²) >= 11 is 4.76. The predicted octanol–water partition coefficient (Wildman–Crippen LogP) is 5.64. The number of rotatable bonds is 1. The van der Waals surface area contributed by atoms with Crippen molar-refractivity contribution in [2.75, 3.05) is 5.73 Å². The van der Waals surface area contributed by atoms with Gasteiger partial charge in [-0.1, -0.05) is 12.1 Å². The van der Waals surface area contributed by atoms with E-state index in [4.69, 9.17) is 18.0 Å². The van der Waals surface area contributed by atoms with Crippen LogP contribution in [0.25, 0.3) is 0 Å². The second-order valence-corrected chi connectivity index (χ2v) is 8.87. The summed E-state index contributed by atoms with van der Waals surface area (Å²) in [6.45, 7) is 0. The summed E-state index contributed by atoms with van der Waals surface area (Å²) in [5.74, 6) is 0. The van der Waals surface area contributed by atoms with Crippen LogP contribution < -0.4 is 5.73 Å². The molecule has 4 aliphatic carbocycles. The lowest BCUT2D eigenvalue weighted by Gasteiger charge is -2.10. The highest BCUT2D eigenvalue weighted by atomic mass is 32.1. The Labute approximate surface area is 173 Å². The molecule has 0 saturated carbocycles.